The number of thiophene rings is 1. The highest BCUT2D eigenvalue weighted by molar-refractivity contribution is 7.18. The predicted octanol–water partition coefficient (Wildman–Crippen LogP) is 3.18. The van der Waals surface area contributed by atoms with Crippen molar-refractivity contribution < 1.29 is 0 Å². The molecule has 2 unspecified atom stereocenters. The summed E-state index contributed by atoms with van der Waals surface area (Å²) in [5.74, 6) is 0.698. The Morgan fingerprint density at radius 1 is 1.38 bits per heavy atom. The fraction of sp³-hybridized carbons (Fsp3) is 0.444. The Bertz CT molecular complexity index is 931. The van der Waals surface area contributed by atoms with Gasteiger partial charge in [0.15, 0.2) is 0 Å². The van der Waals surface area contributed by atoms with E-state index >= 15 is 0 Å². The number of rotatable bonds is 3. The Morgan fingerprint density at radius 2 is 2.25 bits per heavy atom. The van der Waals surface area contributed by atoms with Gasteiger partial charge >= 0.3 is 0 Å². The molecule has 0 saturated heterocycles. The molecule has 0 saturated carbocycles. The van der Waals surface area contributed by atoms with Gasteiger partial charge in [0.1, 0.15) is 4.83 Å². The van der Waals surface area contributed by atoms with Crippen LogP contribution in [0.15, 0.2) is 29.7 Å². The quantitative estimate of drug-likeness (QED) is 0.735. The Balaban J connectivity index is 1.74. The molecule has 0 bridgehead atoms. The molecule has 6 heteroatoms. The standard InChI is InChI=1S/C18H20N4OS/c1-11-3-4-14-15(7-11)24-17-16(14)18(23)22(10-21-17)12(2)8-13-9-19-5-6-20-13/h5-6,9-12H,3-4,7-8H2,1-2H3. The fourth-order valence-electron chi connectivity index (χ4n) is 3.49. The molecule has 0 amide bonds. The SMILES string of the molecule is CC1CCc2c(sc3ncn(C(C)Cc4cnccn4)c(=O)c23)C1. The first-order valence-corrected chi connectivity index (χ1v) is 9.21. The molecular formula is C18H20N4OS. The second-order valence-electron chi connectivity index (χ2n) is 6.74. The van der Waals surface area contributed by atoms with E-state index in [2.05, 4.69) is 21.9 Å². The Kier molecular flexibility index (Phi) is 3.92. The van der Waals surface area contributed by atoms with E-state index in [-0.39, 0.29) is 11.6 Å². The zero-order valence-electron chi connectivity index (χ0n) is 13.9. The number of aryl methyl sites for hydroxylation is 1. The highest BCUT2D eigenvalue weighted by Gasteiger charge is 2.23. The monoisotopic (exact) mass is 340 g/mol. The van der Waals surface area contributed by atoms with Crippen molar-refractivity contribution in [1.82, 2.24) is 19.5 Å². The van der Waals surface area contributed by atoms with Crippen molar-refractivity contribution in [2.75, 3.05) is 0 Å². The molecule has 24 heavy (non-hydrogen) atoms. The summed E-state index contributed by atoms with van der Waals surface area (Å²) in [6, 6.07) is 0.00386. The van der Waals surface area contributed by atoms with Gasteiger partial charge in [-0.25, -0.2) is 4.98 Å². The highest BCUT2D eigenvalue weighted by atomic mass is 32.1. The van der Waals surface area contributed by atoms with Crippen molar-refractivity contribution in [3.8, 4) is 0 Å². The lowest BCUT2D eigenvalue weighted by Crippen LogP contribution is -2.25. The van der Waals surface area contributed by atoms with Crippen molar-refractivity contribution in [1.29, 1.82) is 0 Å². The van der Waals surface area contributed by atoms with Gasteiger partial charge in [0.2, 0.25) is 0 Å². The van der Waals surface area contributed by atoms with Crippen LogP contribution in [0.4, 0.5) is 0 Å². The van der Waals surface area contributed by atoms with E-state index in [1.807, 2.05) is 6.92 Å². The molecule has 0 N–H and O–H groups in total. The number of hydrogen-bond donors (Lipinski definition) is 0. The van der Waals surface area contributed by atoms with Gasteiger partial charge in [0, 0.05) is 35.9 Å². The summed E-state index contributed by atoms with van der Waals surface area (Å²) >= 11 is 1.70. The normalized spacial score (nSPS) is 18.5. The molecule has 0 aliphatic heterocycles. The van der Waals surface area contributed by atoms with Crippen molar-refractivity contribution >= 4 is 21.6 Å². The summed E-state index contributed by atoms with van der Waals surface area (Å²) in [6.45, 7) is 4.31. The molecule has 0 aromatic carbocycles. The molecular weight excluding hydrogens is 320 g/mol. The highest BCUT2D eigenvalue weighted by Crippen LogP contribution is 2.35. The molecule has 0 fully saturated rings. The smallest absolute Gasteiger partial charge is 0.262 e. The minimum absolute atomic E-state index is 0.00386. The molecule has 3 aromatic heterocycles. The van der Waals surface area contributed by atoms with Crippen molar-refractivity contribution in [3.05, 3.63) is 51.4 Å². The Labute approximate surface area is 144 Å². The number of nitrogens with zero attached hydrogens (tertiary/aromatic N) is 4. The molecule has 4 rings (SSSR count). The first-order chi connectivity index (χ1) is 11.6. The molecule has 0 spiro atoms. The van der Waals surface area contributed by atoms with E-state index in [4.69, 9.17) is 0 Å². The number of fused-ring (bicyclic) bond motifs is 3. The minimum atomic E-state index is 0.00386. The van der Waals surface area contributed by atoms with Gasteiger partial charge in [-0.3, -0.25) is 19.3 Å². The second-order valence-corrected chi connectivity index (χ2v) is 7.82. The maximum absolute atomic E-state index is 13.1. The summed E-state index contributed by atoms with van der Waals surface area (Å²) in [4.78, 5) is 28.3. The van der Waals surface area contributed by atoms with Gasteiger partial charge in [0.25, 0.3) is 5.56 Å². The van der Waals surface area contributed by atoms with Crippen LogP contribution in [0.5, 0.6) is 0 Å². The Morgan fingerprint density at radius 3 is 3.04 bits per heavy atom. The summed E-state index contributed by atoms with van der Waals surface area (Å²) in [5, 5.41) is 0.843. The third kappa shape index (κ3) is 2.65. The second kappa shape index (κ2) is 6.09. The molecule has 1 aliphatic carbocycles. The third-order valence-corrected chi connectivity index (χ3v) is 6.00. The van der Waals surface area contributed by atoms with Gasteiger partial charge in [-0.15, -0.1) is 11.3 Å². The number of hydrogen-bond acceptors (Lipinski definition) is 5. The lowest BCUT2D eigenvalue weighted by molar-refractivity contribution is 0.506. The molecule has 2 atom stereocenters. The zero-order chi connectivity index (χ0) is 16.7. The molecule has 0 radical (unpaired) electrons. The topological polar surface area (TPSA) is 60.7 Å². The van der Waals surface area contributed by atoms with Crippen LogP contribution in [-0.2, 0) is 19.3 Å². The lowest BCUT2D eigenvalue weighted by Gasteiger charge is -2.18. The van der Waals surface area contributed by atoms with Gasteiger partial charge in [-0.1, -0.05) is 6.92 Å². The molecule has 124 valence electrons. The Hall–Kier alpha value is -2.08. The fourth-order valence-corrected chi connectivity index (χ4v) is 4.84. The molecule has 3 aromatic rings. The van der Waals surface area contributed by atoms with E-state index < -0.39 is 0 Å². The summed E-state index contributed by atoms with van der Waals surface area (Å²) in [7, 11) is 0. The average molecular weight is 340 g/mol. The van der Waals surface area contributed by atoms with E-state index in [0.717, 1.165) is 35.2 Å². The van der Waals surface area contributed by atoms with Crippen LogP contribution in [0.2, 0.25) is 0 Å². The van der Waals surface area contributed by atoms with Crippen LogP contribution in [0, 0.1) is 5.92 Å². The van der Waals surface area contributed by atoms with Gasteiger partial charge in [-0.2, -0.15) is 0 Å². The molecule has 5 nitrogen and oxygen atoms in total. The van der Waals surface area contributed by atoms with E-state index in [0.29, 0.717) is 12.3 Å². The van der Waals surface area contributed by atoms with Crippen LogP contribution in [0.3, 0.4) is 0 Å². The van der Waals surface area contributed by atoms with Crippen LogP contribution < -0.4 is 5.56 Å². The molecule has 1 aliphatic rings. The third-order valence-electron chi connectivity index (χ3n) is 4.84. The summed E-state index contributed by atoms with van der Waals surface area (Å²) in [5.41, 5.74) is 2.22. The lowest BCUT2D eigenvalue weighted by atomic mass is 9.89. The van der Waals surface area contributed by atoms with Crippen molar-refractivity contribution in [2.45, 2.75) is 45.6 Å². The van der Waals surface area contributed by atoms with Crippen LogP contribution in [-0.4, -0.2) is 19.5 Å². The van der Waals surface area contributed by atoms with Crippen LogP contribution >= 0.6 is 11.3 Å². The van der Waals surface area contributed by atoms with Gasteiger partial charge in [0.05, 0.1) is 17.4 Å². The zero-order valence-corrected chi connectivity index (χ0v) is 14.7. The first-order valence-electron chi connectivity index (χ1n) is 8.39. The van der Waals surface area contributed by atoms with Crippen molar-refractivity contribution in [3.63, 3.8) is 0 Å². The van der Waals surface area contributed by atoms with E-state index in [9.17, 15) is 4.79 Å². The summed E-state index contributed by atoms with van der Waals surface area (Å²) in [6.07, 6.45) is 10.7. The average Bonchev–Trinajstić information content (AvgIpc) is 2.94. The predicted molar refractivity (Wildman–Crippen MR) is 95.5 cm³/mol. The number of aromatic nitrogens is 4. The summed E-state index contributed by atoms with van der Waals surface area (Å²) < 4.78 is 1.75. The maximum atomic E-state index is 13.1. The first kappa shape index (κ1) is 15.4. The van der Waals surface area contributed by atoms with Crippen LogP contribution in [0.1, 0.15) is 42.4 Å². The maximum Gasteiger partial charge on any atom is 0.262 e. The largest absolute Gasteiger partial charge is 0.295 e. The van der Waals surface area contributed by atoms with Crippen molar-refractivity contribution in [2.24, 2.45) is 5.92 Å². The van der Waals surface area contributed by atoms with Gasteiger partial charge in [-0.05, 0) is 37.7 Å². The molecule has 3 heterocycles. The van der Waals surface area contributed by atoms with E-state index in [1.165, 1.54) is 10.4 Å². The van der Waals surface area contributed by atoms with E-state index in [1.54, 1.807) is 40.8 Å². The van der Waals surface area contributed by atoms with Gasteiger partial charge < -0.3 is 0 Å². The van der Waals surface area contributed by atoms with Crippen LogP contribution in [0.25, 0.3) is 10.2 Å². The minimum Gasteiger partial charge on any atom is -0.295 e.